The van der Waals surface area contributed by atoms with Gasteiger partial charge in [-0.25, -0.2) is 4.98 Å². The summed E-state index contributed by atoms with van der Waals surface area (Å²) in [5, 5.41) is 25.2. The minimum absolute atomic E-state index is 0.0961. The number of nitriles is 1. The third kappa shape index (κ3) is 5.25. The van der Waals surface area contributed by atoms with E-state index in [-0.39, 0.29) is 41.7 Å². The van der Waals surface area contributed by atoms with Crippen LogP contribution >= 0.6 is 11.3 Å². The van der Waals surface area contributed by atoms with E-state index in [9.17, 15) is 20.2 Å². The number of nitro groups is 1. The third-order valence-electron chi connectivity index (χ3n) is 4.53. The van der Waals surface area contributed by atoms with Crippen molar-refractivity contribution in [1.82, 2.24) is 4.98 Å². The van der Waals surface area contributed by atoms with Crippen LogP contribution in [0.15, 0.2) is 52.9 Å². The van der Waals surface area contributed by atoms with Gasteiger partial charge in [0.2, 0.25) is 0 Å². The highest BCUT2D eigenvalue weighted by molar-refractivity contribution is 7.07. The van der Waals surface area contributed by atoms with Crippen LogP contribution in [0.2, 0.25) is 0 Å². The minimum Gasteiger partial charge on any atom is -0.487 e. The molecule has 0 aliphatic carbocycles. The number of rotatable bonds is 7. The summed E-state index contributed by atoms with van der Waals surface area (Å²) in [4.78, 5) is 27.6. The van der Waals surface area contributed by atoms with Gasteiger partial charge < -0.3 is 19.5 Å². The highest BCUT2D eigenvalue weighted by Gasteiger charge is 2.24. The monoisotopic (exact) mass is 464 g/mol. The maximum atomic E-state index is 12.7. The Morgan fingerprint density at radius 1 is 1.27 bits per heavy atom. The van der Waals surface area contributed by atoms with E-state index >= 15 is 0 Å². The Balaban J connectivity index is 1.49. The number of benzene rings is 2. The first-order valence-electron chi connectivity index (χ1n) is 9.64. The number of nitro benzene ring substituents is 1. The molecule has 10 nitrogen and oxygen atoms in total. The molecule has 4 rings (SSSR count). The van der Waals surface area contributed by atoms with Crippen molar-refractivity contribution in [3.05, 3.63) is 74.2 Å². The zero-order valence-electron chi connectivity index (χ0n) is 17.0. The van der Waals surface area contributed by atoms with Gasteiger partial charge in [-0.05, 0) is 23.8 Å². The maximum absolute atomic E-state index is 12.7. The van der Waals surface area contributed by atoms with Gasteiger partial charge in [0.25, 0.3) is 11.6 Å². The van der Waals surface area contributed by atoms with Crippen LogP contribution in [0.4, 0.5) is 11.4 Å². The van der Waals surface area contributed by atoms with Crippen molar-refractivity contribution >= 4 is 34.7 Å². The molecular formula is C22H16N4O6S. The fraction of sp³-hybridized carbons (Fsp3) is 0.136. The smallest absolute Gasteiger partial charge is 0.296 e. The number of ether oxygens (including phenoxy) is 3. The van der Waals surface area contributed by atoms with Crippen LogP contribution in [0.25, 0.3) is 6.08 Å². The minimum atomic E-state index is -0.791. The number of anilines is 1. The van der Waals surface area contributed by atoms with Gasteiger partial charge in [-0.15, -0.1) is 11.3 Å². The lowest BCUT2D eigenvalue weighted by Gasteiger charge is -2.19. The molecule has 3 aromatic rings. The number of nitrogens with one attached hydrogen (secondary N) is 1. The molecule has 0 fully saturated rings. The Kier molecular flexibility index (Phi) is 6.47. The third-order valence-corrected chi connectivity index (χ3v) is 5.17. The van der Waals surface area contributed by atoms with Gasteiger partial charge in [0, 0.05) is 11.4 Å². The second-order valence-corrected chi connectivity index (χ2v) is 7.45. The normalized spacial score (nSPS) is 12.5. The van der Waals surface area contributed by atoms with Crippen LogP contribution in [-0.4, -0.2) is 29.0 Å². The molecule has 11 heteroatoms. The predicted molar refractivity (Wildman–Crippen MR) is 119 cm³/mol. The van der Waals surface area contributed by atoms with Gasteiger partial charge in [0.1, 0.15) is 42.9 Å². The summed E-state index contributed by atoms with van der Waals surface area (Å²) in [6.07, 6.45) is 1.38. The number of amides is 1. The highest BCUT2D eigenvalue weighted by Crippen LogP contribution is 2.39. The second kappa shape index (κ2) is 9.80. The van der Waals surface area contributed by atoms with E-state index in [1.54, 1.807) is 29.8 Å². The average Bonchev–Trinajstić information content (AvgIpc) is 3.35. The van der Waals surface area contributed by atoms with Crippen LogP contribution in [0.5, 0.6) is 17.2 Å². The molecule has 1 aliphatic rings. The molecule has 2 aromatic carbocycles. The van der Waals surface area contributed by atoms with E-state index in [2.05, 4.69) is 10.3 Å². The SMILES string of the molecule is N#C/C(=C\c1ccc(OCc2cscn2)cc1)C(=O)Nc1cc2c(cc1[N+](=O)[O-])OCCO2. The molecule has 2 heterocycles. The van der Waals surface area contributed by atoms with Crippen molar-refractivity contribution < 1.29 is 23.9 Å². The van der Waals surface area contributed by atoms with Gasteiger partial charge in [0.05, 0.1) is 22.2 Å². The van der Waals surface area contributed by atoms with Crippen molar-refractivity contribution in [2.24, 2.45) is 0 Å². The molecule has 1 N–H and O–H groups in total. The maximum Gasteiger partial charge on any atom is 0.296 e. The number of carbonyl (C=O) groups excluding carboxylic acids is 1. The van der Waals surface area contributed by atoms with E-state index < -0.39 is 10.8 Å². The van der Waals surface area contributed by atoms with Crippen LogP contribution < -0.4 is 19.5 Å². The average molecular weight is 464 g/mol. The summed E-state index contributed by atoms with van der Waals surface area (Å²) in [6.45, 7) is 0.885. The Morgan fingerprint density at radius 3 is 2.64 bits per heavy atom. The van der Waals surface area contributed by atoms with Crippen LogP contribution in [0.1, 0.15) is 11.3 Å². The zero-order chi connectivity index (χ0) is 23.2. The summed E-state index contributed by atoms with van der Waals surface area (Å²) in [6, 6.07) is 11.1. The second-order valence-electron chi connectivity index (χ2n) is 6.73. The fourth-order valence-corrected chi connectivity index (χ4v) is 3.50. The number of carbonyl (C=O) groups is 1. The van der Waals surface area contributed by atoms with E-state index in [1.165, 1.54) is 29.5 Å². The molecule has 1 amide bonds. The van der Waals surface area contributed by atoms with Gasteiger partial charge in [-0.2, -0.15) is 5.26 Å². The molecule has 0 unspecified atom stereocenters. The van der Waals surface area contributed by atoms with Crippen LogP contribution in [0.3, 0.4) is 0 Å². The summed E-state index contributed by atoms with van der Waals surface area (Å²) >= 11 is 1.48. The Morgan fingerprint density at radius 2 is 2.00 bits per heavy atom. The molecule has 0 spiro atoms. The summed E-state index contributed by atoms with van der Waals surface area (Å²) in [5.74, 6) is 0.313. The van der Waals surface area contributed by atoms with E-state index in [4.69, 9.17) is 14.2 Å². The van der Waals surface area contributed by atoms with E-state index in [0.717, 1.165) is 5.69 Å². The van der Waals surface area contributed by atoms with Crippen molar-refractivity contribution in [1.29, 1.82) is 5.26 Å². The summed E-state index contributed by atoms with van der Waals surface area (Å²) < 4.78 is 16.4. The molecule has 0 radical (unpaired) electrons. The molecule has 33 heavy (non-hydrogen) atoms. The number of thiazole rings is 1. The lowest BCUT2D eigenvalue weighted by Crippen LogP contribution is -2.18. The van der Waals surface area contributed by atoms with E-state index in [1.807, 2.05) is 11.4 Å². The first-order valence-corrected chi connectivity index (χ1v) is 10.6. The Hall–Kier alpha value is -4.43. The quantitative estimate of drug-likeness (QED) is 0.240. The summed E-state index contributed by atoms with van der Waals surface area (Å²) in [7, 11) is 0. The Bertz CT molecular complexity index is 1250. The van der Waals surface area contributed by atoms with Gasteiger partial charge in [-0.3, -0.25) is 14.9 Å². The fourth-order valence-electron chi connectivity index (χ4n) is 2.96. The lowest BCUT2D eigenvalue weighted by molar-refractivity contribution is -0.384. The number of hydrogen-bond acceptors (Lipinski definition) is 9. The largest absolute Gasteiger partial charge is 0.487 e. The highest BCUT2D eigenvalue weighted by atomic mass is 32.1. The van der Waals surface area contributed by atoms with Crippen LogP contribution in [-0.2, 0) is 11.4 Å². The first kappa shape index (κ1) is 21.8. The molecule has 166 valence electrons. The predicted octanol–water partition coefficient (Wildman–Crippen LogP) is 3.95. The number of aromatic nitrogens is 1. The zero-order valence-corrected chi connectivity index (χ0v) is 17.8. The molecular weight excluding hydrogens is 448 g/mol. The topological polar surface area (TPSA) is 137 Å². The molecule has 0 saturated carbocycles. The lowest BCUT2D eigenvalue weighted by atomic mass is 10.1. The number of nitrogens with zero attached hydrogens (tertiary/aromatic N) is 3. The van der Waals surface area contributed by atoms with Crippen molar-refractivity contribution in [2.45, 2.75) is 6.61 Å². The molecule has 1 aliphatic heterocycles. The van der Waals surface area contributed by atoms with Gasteiger partial charge in [-0.1, -0.05) is 12.1 Å². The van der Waals surface area contributed by atoms with Gasteiger partial charge in [0.15, 0.2) is 11.5 Å². The standard InChI is InChI=1S/C22H16N4O6S/c23-10-15(7-14-1-3-17(4-2-14)32-11-16-12-33-13-24-16)22(27)25-18-8-20-21(31-6-5-30-20)9-19(18)26(28)29/h1-4,7-9,12-13H,5-6,11H2,(H,25,27)/b15-7+. The van der Waals surface area contributed by atoms with E-state index in [0.29, 0.717) is 17.9 Å². The Labute approximate surface area is 191 Å². The summed E-state index contributed by atoms with van der Waals surface area (Å²) in [5.41, 5.74) is 2.43. The van der Waals surface area contributed by atoms with Crippen molar-refractivity contribution in [3.63, 3.8) is 0 Å². The first-order chi connectivity index (χ1) is 16.0. The molecule has 0 bridgehead atoms. The number of hydrogen-bond donors (Lipinski definition) is 1. The number of fused-ring (bicyclic) bond motifs is 1. The van der Waals surface area contributed by atoms with Crippen molar-refractivity contribution in [3.8, 4) is 23.3 Å². The molecule has 1 aromatic heterocycles. The van der Waals surface area contributed by atoms with Crippen LogP contribution in [0, 0.1) is 21.4 Å². The van der Waals surface area contributed by atoms with Gasteiger partial charge >= 0.3 is 0 Å². The molecule has 0 atom stereocenters. The molecule has 0 saturated heterocycles. The van der Waals surface area contributed by atoms with Crippen molar-refractivity contribution in [2.75, 3.05) is 18.5 Å².